The van der Waals surface area contributed by atoms with Gasteiger partial charge < -0.3 is 4.90 Å². The molecule has 2 aromatic rings. The van der Waals surface area contributed by atoms with Gasteiger partial charge in [0.15, 0.2) is 5.78 Å². The van der Waals surface area contributed by atoms with Gasteiger partial charge in [-0.25, -0.2) is 0 Å². The average Bonchev–Trinajstić information content (AvgIpc) is 2.78. The number of benzene rings is 2. The molecule has 2 rings (SSSR count). The van der Waals surface area contributed by atoms with Gasteiger partial charge in [-0.05, 0) is 37.1 Å². The highest BCUT2D eigenvalue weighted by molar-refractivity contribution is 6.09. The molecule has 0 aromatic heterocycles. The van der Waals surface area contributed by atoms with Gasteiger partial charge in [-0.2, -0.15) is 0 Å². The van der Waals surface area contributed by atoms with Crippen molar-refractivity contribution < 1.29 is 9.59 Å². The van der Waals surface area contributed by atoms with Crippen LogP contribution in [0.1, 0.15) is 91.5 Å². The Kier molecular flexibility index (Phi) is 10.2. The number of hydrogen-bond acceptors (Lipinski definition) is 3. The Labute approximate surface area is 176 Å². The van der Waals surface area contributed by atoms with Gasteiger partial charge in [-0.1, -0.05) is 76.6 Å². The molecule has 0 saturated heterocycles. The Morgan fingerprint density at radius 3 is 1.66 bits per heavy atom. The van der Waals surface area contributed by atoms with E-state index < -0.39 is 0 Å². The first kappa shape index (κ1) is 22.9. The van der Waals surface area contributed by atoms with Crippen molar-refractivity contribution in [2.75, 3.05) is 18.0 Å². The number of rotatable bonds is 14. The fourth-order valence-electron chi connectivity index (χ4n) is 3.53. The molecule has 0 radical (unpaired) electrons. The third-order valence-electron chi connectivity index (χ3n) is 5.37. The maximum absolute atomic E-state index is 12.7. The van der Waals surface area contributed by atoms with Crippen LogP contribution in [0.15, 0.2) is 48.5 Å². The van der Waals surface area contributed by atoms with Gasteiger partial charge in [0, 0.05) is 35.5 Å². The second-order valence-electron chi connectivity index (χ2n) is 7.72. The van der Waals surface area contributed by atoms with E-state index in [4.69, 9.17) is 0 Å². The first-order valence-corrected chi connectivity index (χ1v) is 11.1. The zero-order valence-corrected chi connectivity index (χ0v) is 18.0. The molecule has 0 aliphatic heterocycles. The van der Waals surface area contributed by atoms with E-state index in [1.807, 2.05) is 12.1 Å². The molecular formula is C26H35NO2. The standard InChI is InChI=1S/C26H35NO2/c1-3-5-7-9-19-27(20-10-8-6-4-2)25-17-15-24(16-18-25)26(29)23-13-11-22(21-28)12-14-23/h11-18,21H,3-10,19-20H2,1-2H3. The summed E-state index contributed by atoms with van der Waals surface area (Å²) >= 11 is 0. The highest BCUT2D eigenvalue weighted by atomic mass is 16.1. The van der Waals surface area contributed by atoms with E-state index in [1.54, 1.807) is 24.3 Å². The molecule has 0 aliphatic carbocycles. The minimum atomic E-state index is -0.00793. The van der Waals surface area contributed by atoms with Crippen molar-refractivity contribution >= 4 is 17.8 Å². The number of anilines is 1. The number of aldehydes is 1. The van der Waals surface area contributed by atoms with Gasteiger partial charge in [0.2, 0.25) is 0 Å². The van der Waals surface area contributed by atoms with Crippen LogP contribution in [0.25, 0.3) is 0 Å². The van der Waals surface area contributed by atoms with Gasteiger partial charge in [0.1, 0.15) is 6.29 Å². The van der Waals surface area contributed by atoms with E-state index in [1.165, 1.54) is 57.1 Å². The Balaban J connectivity index is 2.04. The minimum absolute atomic E-state index is 0.00793. The van der Waals surface area contributed by atoms with E-state index in [0.717, 1.165) is 19.4 Å². The Hall–Kier alpha value is -2.42. The van der Waals surface area contributed by atoms with Crippen LogP contribution in [0.4, 0.5) is 5.69 Å². The molecule has 0 heterocycles. The van der Waals surface area contributed by atoms with Gasteiger partial charge in [0.05, 0.1) is 0 Å². The predicted molar refractivity (Wildman–Crippen MR) is 122 cm³/mol. The molecule has 2 aromatic carbocycles. The zero-order chi connectivity index (χ0) is 20.9. The summed E-state index contributed by atoms with van der Waals surface area (Å²) in [5.41, 5.74) is 3.08. The molecule has 0 aliphatic rings. The fraction of sp³-hybridized carbons (Fsp3) is 0.462. The predicted octanol–water partition coefficient (Wildman–Crippen LogP) is 6.70. The number of ketones is 1. The maximum Gasteiger partial charge on any atom is 0.193 e. The van der Waals surface area contributed by atoms with E-state index >= 15 is 0 Å². The lowest BCUT2D eigenvalue weighted by atomic mass is 10.0. The summed E-state index contributed by atoms with van der Waals surface area (Å²) in [6.07, 6.45) is 10.8. The number of carbonyl (C=O) groups is 2. The van der Waals surface area contributed by atoms with E-state index in [2.05, 4.69) is 30.9 Å². The first-order chi connectivity index (χ1) is 14.2. The molecule has 29 heavy (non-hydrogen) atoms. The maximum atomic E-state index is 12.7. The van der Waals surface area contributed by atoms with Crippen LogP contribution in [0.3, 0.4) is 0 Å². The van der Waals surface area contributed by atoms with Crippen LogP contribution < -0.4 is 4.90 Å². The third-order valence-corrected chi connectivity index (χ3v) is 5.37. The third kappa shape index (κ3) is 7.49. The first-order valence-electron chi connectivity index (χ1n) is 11.1. The molecule has 3 heteroatoms. The van der Waals surface area contributed by atoms with Crippen molar-refractivity contribution in [1.82, 2.24) is 0 Å². The molecule has 0 spiro atoms. The largest absolute Gasteiger partial charge is 0.372 e. The quantitative estimate of drug-likeness (QED) is 0.204. The molecule has 0 saturated carbocycles. The second-order valence-corrected chi connectivity index (χ2v) is 7.72. The van der Waals surface area contributed by atoms with Crippen LogP contribution in [0, 0.1) is 0 Å². The summed E-state index contributed by atoms with van der Waals surface area (Å²) in [4.78, 5) is 26.0. The number of nitrogens with zero attached hydrogens (tertiary/aromatic N) is 1. The van der Waals surface area contributed by atoms with E-state index in [-0.39, 0.29) is 5.78 Å². The van der Waals surface area contributed by atoms with Gasteiger partial charge >= 0.3 is 0 Å². The molecular weight excluding hydrogens is 358 g/mol. The highest BCUT2D eigenvalue weighted by Crippen LogP contribution is 2.20. The number of hydrogen-bond donors (Lipinski definition) is 0. The van der Waals surface area contributed by atoms with Crippen molar-refractivity contribution in [3.05, 3.63) is 65.2 Å². The Bertz CT molecular complexity index is 722. The van der Waals surface area contributed by atoms with Crippen LogP contribution in [-0.2, 0) is 0 Å². The smallest absolute Gasteiger partial charge is 0.193 e. The van der Waals surface area contributed by atoms with E-state index in [9.17, 15) is 9.59 Å². The zero-order valence-electron chi connectivity index (χ0n) is 18.0. The van der Waals surface area contributed by atoms with Crippen LogP contribution >= 0.6 is 0 Å². The molecule has 156 valence electrons. The Morgan fingerprint density at radius 2 is 1.21 bits per heavy atom. The summed E-state index contributed by atoms with van der Waals surface area (Å²) < 4.78 is 0. The normalized spacial score (nSPS) is 10.7. The Morgan fingerprint density at radius 1 is 0.724 bits per heavy atom. The number of carbonyl (C=O) groups excluding carboxylic acids is 2. The monoisotopic (exact) mass is 393 g/mol. The van der Waals surface area contributed by atoms with Crippen LogP contribution in [0.5, 0.6) is 0 Å². The highest BCUT2D eigenvalue weighted by Gasteiger charge is 2.11. The van der Waals surface area contributed by atoms with Gasteiger partial charge in [0.25, 0.3) is 0 Å². The fourth-order valence-corrected chi connectivity index (χ4v) is 3.53. The summed E-state index contributed by atoms with van der Waals surface area (Å²) in [6.45, 7) is 6.63. The van der Waals surface area contributed by atoms with Gasteiger partial charge in [-0.3, -0.25) is 9.59 Å². The van der Waals surface area contributed by atoms with Crippen molar-refractivity contribution in [3.63, 3.8) is 0 Å². The lowest BCUT2D eigenvalue weighted by Gasteiger charge is -2.25. The molecule has 0 unspecified atom stereocenters. The average molecular weight is 394 g/mol. The minimum Gasteiger partial charge on any atom is -0.372 e. The van der Waals surface area contributed by atoms with Crippen molar-refractivity contribution in [2.24, 2.45) is 0 Å². The summed E-state index contributed by atoms with van der Waals surface area (Å²) in [7, 11) is 0. The SMILES string of the molecule is CCCCCCN(CCCCCC)c1ccc(C(=O)c2ccc(C=O)cc2)cc1. The molecule has 0 bridgehead atoms. The lowest BCUT2D eigenvalue weighted by Crippen LogP contribution is -2.25. The molecule has 3 nitrogen and oxygen atoms in total. The van der Waals surface area contributed by atoms with E-state index in [0.29, 0.717) is 16.7 Å². The topological polar surface area (TPSA) is 37.4 Å². The van der Waals surface area contributed by atoms with Gasteiger partial charge in [-0.15, -0.1) is 0 Å². The van der Waals surface area contributed by atoms with Crippen LogP contribution in [-0.4, -0.2) is 25.2 Å². The molecule has 0 atom stereocenters. The van der Waals surface area contributed by atoms with Crippen molar-refractivity contribution in [1.29, 1.82) is 0 Å². The molecule has 0 amide bonds. The van der Waals surface area contributed by atoms with Crippen LogP contribution in [0.2, 0.25) is 0 Å². The van der Waals surface area contributed by atoms with Crippen molar-refractivity contribution in [2.45, 2.75) is 65.2 Å². The summed E-state index contributed by atoms with van der Waals surface area (Å²) in [5.74, 6) is -0.00793. The second kappa shape index (κ2) is 12.9. The lowest BCUT2D eigenvalue weighted by molar-refractivity contribution is 0.103. The van der Waals surface area contributed by atoms with Crippen molar-refractivity contribution in [3.8, 4) is 0 Å². The summed E-state index contributed by atoms with van der Waals surface area (Å²) in [5, 5.41) is 0. The number of unbranched alkanes of at least 4 members (excludes halogenated alkanes) is 6. The summed E-state index contributed by atoms with van der Waals surface area (Å²) in [6, 6.07) is 14.8. The molecule has 0 N–H and O–H groups in total. The molecule has 0 fully saturated rings.